The SMILES string of the molecule is C1CCC2C3NC(NC4NC(NC5NC(NC6NC(N3)C3CCCCC63)C3CCCCC53)C3CCCCC43)C2C1.C1CCC2C3NC(NC4NC(NC5NC(NC6NC(N3)C3CCCCC63)C3CCCCC53)C3CCCCC43)C2C1.[Nd]. The van der Waals surface area contributed by atoms with Gasteiger partial charge in [0, 0.05) is 40.8 Å². The van der Waals surface area contributed by atoms with Crippen LogP contribution in [-0.4, -0.2) is 98.7 Å². The van der Waals surface area contributed by atoms with Crippen molar-refractivity contribution < 1.29 is 40.8 Å². The van der Waals surface area contributed by atoms with Crippen LogP contribution >= 0.6 is 0 Å². The van der Waals surface area contributed by atoms with Crippen LogP contribution in [0.3, 0.4) is 0 Å². The van der Waals surface area contributed by atoms with Crippen LogP contribution < -0.4 is 85.1 Å². The molecule has 16 bridgehead atoms. The fraction of sp³-hybridized carbons (Fsp3) is 1.00. The minimum absolute atomic E-state index is 0. The number of hydrogen-bond acceptors (Lipinski definition) is 16. The van der Waals surface area contributed by atoms with Crippen molar-refractivity contribution in [3.63, 3.8) is 0 Å². The predicted octanol–water partition coefficient (Wildman–Crippen LogP) is 5.21. The molecule has 452 valence electrons. The molecule has 0 aromatic carbocycles. The third kappa shape index (κ3) is 10.6. The van der Waals surface area contributed by atoms with E-state index in [2.05, 4.69) is 85.1 Å². The van der Waals surface area contributed by atoms with Gasteiger partial charge in [-0.1, -0.05) is 103 Å². The van der Waals surface area contributed by atoms with Gasteiger partial charge in [0.05, 0.1) is 98.7 Å². The standard InChI is InChI=1S/2C32H56N8.Nd/c2*1-2-10-18-17(9-1)25-33-26(18)38-28-21-13-5-6-14-22(21)30(35-28)40-32-24-16-8-7-15-23(24)31(36-32)39-29-20-12-4-3-11-19(20)27(34-29)37-25;/h2*17-40H,1-16H2;. The maximum atomic E-state index is 4.26. The zero-order chi connectivity index (χ0) is 52.4. The molecule has 81 heavy (non-hydrogen) atoms. The summed E-state index contributed by atoms with van der Waals surface area (Å²) in [5.74, 6) is 11.9. The molecule has 18 rings (SSSR count). The Hall–Kier alpha value is 0.711. The van der Waals surface area contributed by atoms with Crippen LogP contribution in [0.5, 0.6) is 0 Å². The monoisotopic (exact) mass is 1250 g/mol. The van der Waals surface area contributed by atoms with E-state index >= 15 is 0 Å². The van der Waals surface area contributed by atoms with Gasteiger partial charge in [0.25, 0.3) is 0 Å². The van der Waals surface area contributed by atoms with E-state index in [1.807, 2.05) is 0 Å². The summed E-state index contributed by atoms with van der Waals surface area (Å²) in [7, 11) is 0. The van der Waals surface area contributed by atoms with Gasteiger partial charge in [0.15, 0.2) is 0 Å². The molecule has 0 aromatic rings. The Morgan fingerprint density at radius 3 is 0.235 bits per heavy atom. The largest absolute Gasteiger partial charge is 0.286 e. The topological polar surface area (TPSA) is 192 Å². The summed E-state index contributed by atoms with van der Waals surface area (Å²) in [6.07, 6.45) is 51.1. The Morgan fingerprint density at radius 2 is 0.173 bits per heavy atom. The van der Waals surface area contributed by atoms with Crippen molar-refractivity contribution in [3.8, 4) is 0 Å². The van der Waals surface area contributed by atoms with E-state index in [0.717, 1.165) is 94.7 Å². The fourth-order valence-corrected chi connectivity index (χ4v) is 23.9. The Labute approximate surface area is 520 Å². The maximum Gasteiger partial charge on any atom is 0.0628 e. The van der Waals surface area contributed by atoms with E-state index < -0.39 is 0 Å². The number of fused-ring (bicyclic) bond motifs is 40. The van der Waals surface area contributed by atoms with Crippen molar-refractivity contribution in [2.24, 2.45) is 94.7 Å². The Balaban J connectivity index is 0.000000132. The first-order valence-corrected chi connectivity index (χ1v) is 35.8. The van der Waals surface area contributed by atoms with Gasteiger partial charge in [-0.15, -0.1) is 0 Å². The second-order valence-electron chi connectivity index (χ2n) is 31.2. The van der Waals surface area contributed by atoms with Gasteiger partial charge in [-0.2, -0.15) is 0 Å². The van der Waals surface area contributed by atoms with E-state index in [0.29, 0.717) is 98.7 Å². The van der Waals surface area contributed by atoms with Gasteiger partial charge in [0.1, 0.15) is 0 Å². The molecule has 10 aliphatic heterocycles. The molecule has 16 atom stereocenters. The zero-order valence-electron chi connectivity index (χ0n) is 49.6. The van der Waals surface area contributed by atoms with Crippen LogP contribution in [0, 0.1) is 136 Å². The van der Waals surface area contributed by atoms with Crippen LogP contribution in [0.2, 0.25) is 0 Å². The van der Waals surface area contributed by atoms with E-state index in [9.17, 15) is 0 Å². The summed E-state index contributed by atoms with van der Waals surface area (Å²) in [6, 6.07) is 0. The van der Waals surface area contributed by atoms with Crippen molar-refractivity contribution in [1.29, 1.82) is 0 Å². The van der Waals surface area contributed by atoms with Gasteiger partial charge >= 0.3 is 0 Å². The zero-order valence-corrected chi connectivity index (χ0v) is 52.8. The third-order valence-corrected chi connectivity index (χ3v) is 27.6. The van der Waals surface area contributed by atoms with Gasteiger partial charge in [-0.25, -0.2) is 0 Å². The minimum Gasteiger partial charge on any atom is -0.286 e. The molecule has 16 N–H and O–H groups in total. The summed E-state index contributed by atoms with van der Waals surface area (Å²) in [4.78, 5) is 0. The molecule has 17 heteroatoms. The minimum atomic E-state index is 0. The summed E-state index contributed by atoms with van der Waals surface area (Å²) in [6.45, 7) is 0. The van der Waals surface area contributed by atoms with Gasteiger partial charge in [-0.3, -0.25) is 85.1 Å². The quantitative estimate of drug-likeness (QED) is 0.151. The average Bonchev–Trinajstić information content (AvgIpc) is 4.47. The molecule has 0 radical (unpaired) electrons. The first-order chi connectivity index (χ1) is 39.6. The summed E-state index contributed by atoms with van der Waals surface area (Å²) in [5, 5.41) is 67.6. The Morgan fingerprint density at radius 1 is 0.111 bits per heavy atom. The van der Waals surface area contributed by atoms with Crippen LogP contribution in [0.25, 0.3) is 0 Å². The van der Waals surface area contributed by atoms with Crippen LogP contribution in [0.4, 0.5) is 0 Å². The molecule has 10 saturated heterocycles. The van der Waals surface area contributed by atoms with Crippen molar-refractivity contribution in [2.75, 3.05) is 0 Å². The molecule has 18 fully saturated rings. The third-order valence-electron chi connectivity index (χ3n) is 27.6. The molecule has 16 nitrogen and oxygen atoms in total. The molecule has 16 unspecified atom stereocenters. The van der Waals surface area contributed by atoms with E-state index in [1.165, 1.54) is 205 Å². The van der Waals surface area contributed by atoms with Crippen LogP contribution in [0.1, 0.15) is 205 Å². The molecule has 8 saturated carbocycles. The Bertz CT molecular complexity index is 1570. The molecule has 8 aliphatic carbocycles. The molecule has 18 aliphatic rings. The summed E-state index contributed by atoms with van der Waals surface area (Å²) < 4.78 is 0. The molecular formula is C64H112N16Nd. The van der Waals surface area contributed by atoms with E-state index in [4.69, 9.17) is 0 Å². The van der Waals surface area contributed by atoms with Gasteiger partial charge in [-0.05, 0) is 197 Å². The first kappa shape index (κ1) is 56.9. The van der Waals surface area contributed by atoms with Crippen molar-refractivity contribution in [3.05, 3.63) is 0 Å². The van der Waals surface area contributed by atoms with Crippen molar-refractivity contribution in [1.82, 2.24) is 85.1 Å². The van der Waals surface area contributed by atoms with Gasteiger partial charge in [0.2, 0.25) is 0 Å². The second-order valence-corrected chi connectivity index (χ2v) is 31.2. The van der Waals surface area contributed by atoms with E-state index in [1.54, 1.807) is 0 Å². The summed E-state index contributed by atoms with van der Waals surface area (Å²) in [5.41, 5.74) is 0. The first-order valence-electron chi connectivity index (χ1n) is 35.8. The van der Waals surface area contributed by atoms with Gasteiger partial charge < -0.3 is 0 Å². The van der Waals surface area contributed by atoms with Crippen LogP contribution in [-0.2, 0) is 0 Å². The van der Waals surface area contributed by atoms with Crippen molar-refractivity contribution >= 4 is 0 Å². The molecule has 10 heterocycles. The number of hydrogen-bond donors (Lipinski definition) is 16. The molecule has 0 amide bonds. The smallest absolute Gasteiger partial charge is 0.0628 e. The molecular weight excluding hydrogens is 1140 g/mol. The number of nitrogens with one attached hydrogen (secondary N) is 16. The fourth-order valence-electron chi connectivity index (χ4n) is 23.9. The summed E-state index contributed by atoms with van der Waals surface area (Å²) >= 11 is 0. The van der Waals surface area contributed by atoms with Crippen LogP contribution in [0.15, 0.2) is 0 Å². The van der Waals surface area contributed by atoms with Crippen molar-refractivity contribution in [2.45, 2.75) is 304 Å². The average molecular weight is 1250 g/mol. The Kier molecular flexibility index (Phi) is 17.2. The van der Waals surface area contributed by atoms with E-state index in [-0.39, 0.29) is 40.8 Å². The molecule has 0 aromatic heterocycles. The normalized spacial score (nSPS) is 56.9. The second kappa shape index (κ2) is 24.5. The number of rotatable bonds is 0. The predicted molar refractivity (Wildman–Crippen MR) is 314 cm³/mol. The maximum absolute atomic E-state index is 4.26. The molecule has 0 spiro atoms.